The van der Waals surface area contributed by atoms with E-state index in [0.717, 1.165) is 11.5 Å². The van der Waals surface area contributed by atoms with Crippen LogP contribution in [0.4, 0.5) is 0 Å². The van der Waals surface area contributed by atoms with Crippen molar-refractivity contribution in [1.29, 1.82) is 0 Å². The largest absolute Gasteiger partial charge is 0.497 e. The molecule has 0 atom stereocenters. The fraction of sp³-hybridized carbons (Fsp3) is 0.130. The van der Waals surface area contributed by atoms with Crippen LogP contribution in [-0.4, -0.2) is 20.5 Å². The Morgan fingerprint density at radius 1 is 0.778 bits per heavy atom. The molecule has 0 bridgehead atoms. The van der Waals surface area contributed by atoms with Crippen molar-refractivity contribution in [2.24, 2.45) is 0 Å². The predicted molar refractivity (Wildman–Crippen MR) is 118 cm³/mol. The number of rotatable bonds is 5. The number of benzene rings is 3. The molecule has 0 aliphatic rings. The van der Waals surface area contributed by atoms with Crippen molar-refractivity contribution in [2.75, 3.05) is 20.5 Å². The van der Waals surface area contributed by atoms with Gasteiger partial charge >= 0.3 is 0 Å². The first-order valence-corrected chi connectivity index (χ1v) is 10.7. The molecule has 136 valence electrons. The van der Waals surface area contributed by atoms with E-state index in [9.17, 15) is 0 Å². The number of thioether (sulfide) groups is 1. The van der Waals surface area contributed by atoms with Gasteiger partial charge in [-0.2, -0.15) is 0 Å². The van der Waals surface area contributed by atoms with Gasteiger partial charge in [0.15, 0.2) is 0 Å². The van der Waals surface area contributed by atoms with Crippen LogP contribution in [0.15, 0.2) is 71.6 Å². The van der Waals surface area contributed by atoms with Gasteiger partial charge in [0.05, 0.1) is 14.2 Å². The van der Waals surface area contributed by atoms with Gasteiger partial charge in [-0.15, -0.1) is 23.1 Å². The van der Waals surface area contributed by atoms with Crippen molar-refractivity contribution in [1.82, 2.24) is 0 Å². The molecule has 1 aromatic heterocycles. The second-order valence-electron chi connectivity index (χ2n) is 6.13. The van der Waals surface area contributed by atoms with Crippen molar-refractivity contribution in [2.45, 2.75) is 4.90 Å². The Hall–Kier alpha value is -2.43. The third-order valence-corrected chi connectivity index (χ3v) is 6.57. The number of methoxy groups -OCH3 is 2. The molecule has 0 fully saturated rings. The molecule has 3 aromatic carbocycles. The third kappa shape index (κ3) is 3.43. The Balaban J connectivity index is 1.99. The van der Waals surface area contributed by atoms with E-state index in [4.69, 9.17) is 9.47 Å². The fourth-order valence-electron chi connectivity index (χ4n) is 3.22. The van der Waals surface area contributed by atoms with Crippen molar-refractivity contribution >= 4 is 33.2 Å². The second kappa shape index (κ2) is 7.67. The summed E-state index contributed by atoms with van der Waals surface area (Å²) in [5.41, 5.74) is 3.62. The van der Waals surface area contributed by atoms with Crippen LogP contribution in [0.1, 0.15) is 0 Å². The van der Waals surface area contributed by atoms with Gasteiger partial charge in [-0.1, -0.05) is 24.3 Å². The van der Waals surface area contributed by atoms with Crippen molar-refractivity contribution in [3.63, 3.8) is 0 Å². The van der Waals surface area contributed by atoms with Crippen molar-refractivity contribution in [3.05, 3.63) is 66.7 Å². The summed E-state index contributed by atoms with van der Waals surface area (Å²) in [6.07, 6.45) is 2.10. The number of hydrogen-bond donors (Lipinski definition) is 0. The molecule has 27 heavy (non-hydrogen) atoms. The normalized spacial score (nSPS) is 10.9. The maximum atomic E-state index is 5.48. The average molecular weight is 393 g/mol. The van der Waals surface area contributed by atoms with E-state index in [-0.39, 0.29) is 0 Å². The maximum Gasteiger partial charge on any atom is 0.119 e. The molecule has 4 rings (SSSR count). The van der Waals surface area contributed by atoms with E-state index >= 15 is 0 Å². The zero-order valence-corrected chi connectivity index (χ0v) is 17.1. The molecule has 1 heterocycles. The lowest BCUT2D eigenvalue weighted by atomic mass is 9.98. The van der Waals surface area contributed by atoms with Gasteiger partial charge in [0.2, 0.25) is 0 Å². The van der Waals surface area contributed by atoms with Crippen LogP contribution in [0.2, 0.25) is 0 Å². The molecule has 0 radical (unpaired) electrons. The van der Waals surface area contributed by atoms with Crippen LogP contribution in [0.25, 0.3) is 31.7 Å². The zero-order chi connectivity index (χ0) is 18.8. The van der Waals surface area contributed by atoms with Crippen molar-refractivity contribution in [3.8, 4) is 33.1 Å². The first-order valence-electron chi connectivity index (χ1n) is 8.63. The number of thiophene rings is 1. The van der Waals surface area contributed by atoms with E-state index in [1.165, 1.54) is 36.5 Å². The molecule has 0 spiro atoms. The van der Waals surface area contributed by atoms with Crippen LogP contribution in [-0.2, 0) is 0 Å². The predicted octanol–water partition coefficient (Wildman–Crippen LogP) is 6.97. The highest BCUT2D eigenvalue weighted by molar-refractivity contribution is 7.98. The monoisotopic (exact) mass is 392 g/mol. The van der Waals surface area contributed by atoms with Crippen molar-refractivity contribution < 1.29 is 9.47 Å². The highest BCUT2D eigenvalue weighted by atomic mass is 32.2. The van der Waals surface area contributed by atoms with Crippen LogP contribution in [0, 0.1) is 0 Å². The van der Waals surface area contributed by atoms with Crippen LogP contribution < -0.4 is 9.47 Å². The minimum Gasteiger partial charge on any atom is -0.497 e. The summed E-state index contributed by atoms with van der Waals surface area (Å²) >= 11 is 3.56. The Morgan fingerprint density at radius 3 is 2.22 bits per heavy atom. The highest BCUT2D eigenvalue weighted by Gasteiger charge is 2.17. The minimum atomic E-state index is 0.867. The topological polar surface area (TPSA) is 18.5 Å². The lowest BCUT2D eigenvalue weighted by molar-refractivity contribution is 0.415. The van der Waals surface area contributed by atoms with E-state index in [1.807, 2.05) is 18.2 Å². The molecular weight excluding hydrogens is 372 g/mol. The van der Waals surface area contributed by atoms with Gasteiger partial charge < -0.3 is 9.47 Å². The summed E-state index contributed by atoms with van der Waals surface area (Å²) < 4.78 is 12.2. The van der Waals surface area contributed by atoms with Gasteiger partial charge in [0, 0.05) is 25.4 Å². The van der Waals surface area contributed by atoms with E-state index in [2.05, 4.69) is 54.8 Å². The SMILES string of the molecule is COc1cccc(-c2sc3ccc(OC)cc3c2-c2ccc(SC)cc2)c1. The standard InChI is InChI=1S/C23H20O2S2/c1-24-17-6-4-5-16(13-17)23-22(15-7-10-19(26-3)11-8-15)20-14-18(25-2)9-12-21(20)27-23/h4-14H,1-3H3. The zero-order valence-electron chi connectivity index (χ0n) is 15.5. The number of ether oxygens (including phenoxy) is 2. The molecule has 0 N–H and O–H groups in total. The molecule has 0 saturated heterocycles. The third-order valence-electron chi connectivity index (χ3n) is 4.61. The molecule has 0 unspecified atom stereocenters. The molecule has 0 amide bonds. The molecule has 0 saturated carbocycles. The van der Waals surface area contributed by atoms with Crippen LogP contribution >= 0.6 is 23.1 Å². The quantitative estimate of drug-likeness (QED) is 0.342. The lowest BCUT2D eigenvalue weighted by Crippen LogP contribution is -1.85. The highest BCUT2D eigenvalue weighted by Crippen LogP contribution is 2.46. The van der Waals surface area contributed by atoms with Gasteiger partial charge in [0.1, 0.15) is 11.5 Å². The average Bonchev–Trinajstić information content (AvgIpc) is 3.12. The summed E-state index contributed by atoms with van der Waals surface area (Å²) in [6, 6.07) is 23.3. The minimum absolute atomic E-state index is 0.867. The Bertz CT molecular complexity index is 1080. The van der Waals surface area contributed by atoms with Gasteiger partial charge in [-0.25, -0.2) is 0 Å². The lowest BCUT2D eigenvalue weighted by Gasteiger charge is -2.08. The summed E-state index contributed by atoms with van der Waals surface area (Å²) in [6.45, 7) is 0. The summed E-state index contributed by atoms with van der Waals surface area (Å²) in [5, 5.41) is 1.22. The Kier molecular flexibility index (Phi) is 5.10. The molecule has 4 aromatic rings. The molecular formula is C23H20O2S2. The molecule has 2 nitrogen and oxygen atoms in total. The Labute approximate surface area is 167 Å². The van der Waals surface area contributed by atoms with Crippen LogP contribution in [0.3, 0.4) is 0 Å². The van der Waals surface area contributed by atoms with Gasteiger partial charge in [-0.05, 0) is 59.8 Å². The van der Waals surface area contributed by atoms with E-state index in [1.54, 1.807) is 37.3 Å². The smallest absolute Gasteiger partial charge is 0.119 e. The summed E-state index contributed by atoms with van der Waals surface area (Å²) in [7, 11) is 3.42. The molecule has 4 heteroatoms. The summed E-state index contributed by atoms with van der Waals surface area (Å²) in [5.74, 6) is 1.74. The van der Waals surface area contributed by atoms with Gasteiger partial charge in [-0.3, -0.25) is 0 Å². The first-order chi connectivity index (χ1) is 13.2. The second-order valence-corrected chi connectivity index (χ2v) is 8.06. The molecule has 0 aliphatic heterocycles. The Morgan fingerprint density at radius 2 is 1.52 bits per heavy atom. The first kappa shape index (κ1) is 18.0. The van der Waals surface area contributed by atoms with E-state index in [0.29, 0.717) is 0 Å². The van der Waals surface area contributed by atoms with E-state index < -0.39 is 0 Å². The number of hydrogen-bond acceptors (Lipinski definition) is 4. The summed E-state index contributed by atoms with van der Waals surface area (Å²) in [4.78, 5) is 2.51. The van der Waals surface area contributed by atoms with Gasteiger partial charge in [0.25, 0.3) is 0 Å². The number of fused-ring (bicyclic) bond motifs is 1. The molecule has 0 aliphatic carbocycles. The maximum absolute atomic E-state index is 5.48. The van der Waals surface area contributed by atoms with Crippen LogP contribution in [0.5, 0.6) is 11.5 Å². The fourth-order valence-corrected chi connectivity index (χ4v) is 4.83.